The average Bonchev–Trinajstić information content (AvgIpc) is 3.11. The number of hydrogen-bond acceptors (Lipinski definition) is 3. The van der Waals surface area contributed by atoms with Crippen molar-refractivity contribution in [3.63, 3.8) is 0 Å². The summed E-state index contributed by atoms with van der Waals surface area (Å²) in [6.45, 7) is 6.85. The molecule has 21 heavy (non-hydrogen) atoms. The maximum Gasteiger partial charge on any atom is 0.410 e. The lowest BCUT2D eigenvalue weighted by Crippen LogP contribution is -2.44. The highest BCUT2D eigenvalue weighted by Crippen LogP contribution is 2.52. The summed E-state index contributed by atoms with van der Waals surface area (Å²) in [6.07, 6.45) is 0.584. The Kier molecular flexibility index (Phi) is 3.41. The molecule has 0 aliphatic carbocycles. The van der Waals surface area contributed by atoms with Gasteiger partial charge in [0.1, 0.15) is 17.3 Å². The molecule has 2 fully saturated rings. The average molecular weight is 310 g/mol. The lowest BCUT2D eigenvalue weighted by atomic mass is 9.89. The molecule has 0 unspecified atom stereocenters. The summed E-state index contributed by atoms with van der Waals surface area (Å²) in [5, 5.41) is 0.721. The van der Waals surface area contributed by atoms with Crippen LogP contribution in [0.5, 0.6) is 0 Å². The third-order valence-corrected chi connectivity index (χ3v) is 4.19. The second-order valence-corrected chi connectivity index (χ2v) is 7.12. The van der Waals surface area contributed by atoms with Crippen LogP contribution in [0.15, 0.2) is 24.3 Å². The maximum absolute atomic E-state index is 12.1. The fraction of sp³-hybridized carbons (Fsp3) is 0.562. The van der Waals surface area contributed by atoms with Crippen molar-refractivity contribution in [2.45, 2.75) is 44.5 Å². The molecule has 0 bridgehead atoms. The van der Waals surface area contributed by atoms with Gasteiger partial charge in [0, 0.05) is 18.0 Å². The van der Waals surface area contributed by atoms with Gasteiger partial charge in [0.15, 0.2) is 0 Å². The molecule has 0 aromatic heterocycles. The number of epoxide rings is 1. The Bertz CT molecular complexity index is 552. The Morgan fingerprint density at radius 1 is 1.38 bits per heavy atom. The molecule has 1 aromatic rings. The van der Waals surface area contributed by atoms with E-state index >= 15 is 0 Å². The zero-order valence-corrected chi connectivity index (χ0v) is 13.3. The van der Waals surface area contributed by atoms with Gasteiger partial charge in [-0.2, -0.15) is 0 Å². The number of benzene rings is 1. The summed E-state index contributed by atoms with van der Waals surface area (Å²) in [5.74, 6) is 0. The van der Waals surface area contributed by atoms with Crippen molar-refractivity contribution < 1.29 is 14.3 Å². The maximum atomic E-state index is 12.1. The minimum Gasteiger partial charge on any atom is -0.444 e. The number of rotatable bonds is 1. The first-order chi connectivity index (χ1) is 9.80. The fourth-order valence-corrected chi connectivity index (χ4v) is 2.97. The summed E-state index contributed by atoms with van der Waals surface area (Å²) in [6, 6.07) is 7.77. The van der Waals surface area contributed by atoms with E-state index in [1.165, 1.54) is 0 Å². The van der Waals surface area contributed by atoms with Gasteiger partial charge < -0.3 is 14.4 Å². The van der Waals surface area contributed by atoms with Gasteiger partial charge in [-0.3, -0.25) is 0 Å². The largest absolute Gasteiger partial charge is 0.444 e. The highest BCUT2D eigenvalue weighted by Gasteiger charge is 2.60. The van der Waals surface area contributed by atoms with Gasteiger partial charge in [-0.1, -0.05) is 23.7 Å². The third kappa shape index (κ3) is 2.87. The number of ether oxygens (including phenoxy) is 2. The highest BCUT2D eigenvalue weighted by atomic mass is 35.5. The highest BCUT2D eigenvalue weighted by molar-refractivity contribution is 6.30. The molecule has 2 aliphatic rings. The van der Waals surface area contributed by atoms with Gasteiger partial charge in [0.05, 0.1) is 6.54 Å². The number of likely N-dealkylation sites (tertiary alicyclic amines) is 1. The Morgan fingerprint density at radius 3 is 2.62 bits per heavy atom. The molecule has 4 nitrogen and oxygen atoms in total. The van der Waals surface area contributed by atoms with E-state index in [1.54, 1.807) is 4.90 Å². The zero-order chi connectivity index (χ0) is 15.3. The van der Waals surface area contributed by atoms with E-state index in [-0.39, 0.29) is 17.8 Å². The van der Waals surface area contributed by atoms with Crippen LogP contribution < -0.4 is 0 Å². The van der Waals surface area contributed by atoms with Gasteiger partial charge in [-0.25, -0.2) is 4.79 Å². The van der Waals surface area contributed by atoms with Gasteiger partial charge >= 0.3 is 6.09 Å². The second kappa shape index (κ2) is 4.89. The van der Waals surface area contributed by atoms with E-state index in [1.807, 2.05) is 45.0 Å². The van der Waals surface area contributed by atoms with Crippen molar-refractivity contribution in [1.29, 1.82) is 0 Å². The standard InChI is InChI=1S/C16H20ClNO3/c1-15(2,3)21-14(19)18-9-8-16(13(10-18)20-16)11-4-6-12(17)7-5-11/h4-7,13H,8-10H2,1-3H3/t13-,16+/m0/s1. The molecular formula is C16H20ClNO3. The molecule has 2 aliphatic heterocycles. The van der Waals surface area contributed by atoms with Gasteiger partial charge in [0.2, 0.25) is 0 Å². The van der Waals surface area contributed by atoms with Crippen molar-refractivity contribution >= 4 is 17.7 Å². The number of carbonyl (C=O) groups is 1. The predicted octanol–water partition coefficient (Wildman–Crippen LogP) is 3.57. The number of halogens is 1. The number of hydrogen-bond donors (Lipinski definition) is 0. The Labute approximate surface area is 130 Å². The van der Waals surface area contributed by atoms with Crippen LogP contribution in [0.1, 0.15) is 32.8 Å². The first kappa shape index (κ1) is 14.7. The van der Waals surface area contributed by atoms with Gasteiger partial charge in [0.25, 0.3) is 0 Å². The van der Waals surface area contributed by atoms with Crippen LogP contribution >= 0.6 is 11.6 Å². The number of amides is 1. The van der Waals surface area contributed by atoms with E-state index in [4.69, 9.17) is 21.1 Å². The summed E-state index contributed by atoms with van der Waals surface area (Å²) in [5.41, 5.74) is 0.440. The zero-order valence-electron chi connectivity index (χ0n) is 12.6. The molecule has 0 spiro atoms. The van der Waals surface area contributed by atoms with Crippen molar-refractivity contribution in [3.8, 4) is 0 Å². The molecule has 1 aromatic carbocycles. The number of nitrogens with zero attached hydrogens (tertiary/aromatic N) is 1. The summed E-state index contributed by atoms with van der Waals surface area (Å²) < 4.78 is 11.3. The van der Waals surface area contributed by atoms with Crippen molar-refractivity contribution in [2.24, 2.45) is 0 Å². The Hall–Kier alpha value is -1.26. The summed E-state index contributed by atoms with van der Waals surface area (Å²) in [4.78, 5) is 13.8. The van der Waals surface area contributed by atoms with E-state index < -0.39 is 5.60 Å². The van der Waals surface area contributed by atoms with Crippen LogP contribution in [0.3, 0.4) is 0 Å². The number of piperidine rings is 1. The van der Waals surface area contributed by atoms with Crippen molar-refractivity contribution in [1.82, 2.24) is 4.90 Å². The Morgan fingerprint density at radius 2 is 2.05 bits per heavy atom. The normalized spacial score (nSPS) is 28.0. The van der Waals surface area contributed by atoms with E-state index in [0.29, 0.717) is 13.1 Å². The van der Waals surface area contributed by atoms with Gasteiger partial charge in [-0.05, 0) is 38.5 Å². The van der Waals surface area contributed by atoms with Crippen LogP contribution in [0.4, 0.5) is 4.79 Å². The van der Waals surface area contributed by atoms with E-state index in [2.05, 4.69) is 0 Å². The summed E-state index contributed by atoms with van der Waals surface area (Å²) >= 11 is 5.93. The molecular weight excluding hydrogens is 290 g/mol. The smallest absolute Gasteiger partial charge is 0.410 e. The monoisotopic (exact) mass is 309 g/mol. The molecule has 2 atom stereocenters. The number of carbonyl (C=O) groups excluding carboxylic acids is 1. The SMILES string of the molecule is CC(C)(C)OC(=O)N1CC[C@]2(c3ccc(Cl)cc3)O[C@H]2C1. The quantitative estimate of drug-likeness (QED) is 0.745. The summed E-state index contributed by atoms with van der Waals surface area (Å²) in [7, 11) is 0. The lowest BCUT2D eigenvalue weighted by molar-refractivity contribution is 0.0217. The first-order valence-electron chi connectivity index (χ1n) is 7.22. The van der Waals surface area contributed by atoms with Crippen LogP contribution in [0.2, 0.25) is 5.02 Å². The molecule has 5 heteroatoms. The predicted molar refractivity (Wildman–Crippen MR) is 80.4 cm³/mol. The minimum atomic E-state index is -0.466. The molecule has 2 saturated heterocycles. The van der Waals surface area contributed by atoms with Crippen LogP contribution in [0, 0.1) is 0 Å². The molecule has 0 saturated carbocycles. The van der Waals surface area contributed by atoms with Crippen LogP contribution in [-0.2, 0) is 15.1 Å². The molecule has 3 rings (SSSR count). The van der Waals surface area contributed by atoms with E-state index in [9.17, 15) is 4.79 Å². The molecule has 0 radical (unpaired) electrons. The molecule has 1 amide bonds. The van der Waals surface area contributed by atoms with E-state index in [0.717, 1.165) is 17.0 Å². The first-order valence-corrected chi connectivity index (χ1v) is 7.60. The molecule has 0 N–H and O–H groups in total. The number of fused-ring (bicyclic) bond motifs is 1. The van der Waals surface area contributed by atoms with Crippen molar-refractivity contribution in [2.75, 3.05) is 13.1 Å². The van der Waals surface area contributed by atoms with Crippen LogP contribution in [-0.4, -0.2) is 35.8 Å². The molecule has 114 valence electrons. The van der Waals surface area contributed by atoms with Gasteiger partial charge in [-0.15, -0.1) is 0 Å². The Balaban J connectivity index is 1.65. The lowest BCUT2D eigenvalue weighted by Gasteiger charge is -2.31. The van der Waals surface area contributed by atoms with Crippen molar-refractivity contribution in [3.05, 3.63) is 34.9 Å². The third-order valence-electron chi connectivity index (χ3n) is 3.94. The second-order valence-electron chi connectivity index (χ2n) is 6.68. The van der Waals surface area contributed by atoms with Crippen LogP contribution in [0.25, 0.3) is 0 Å². The fourth-order valence-electron chi connectivity index (χ4n) is 2.84. The molecule has 2 heterocycles. The topological polar surface area (TPSA) is 42.1 Å². The minimum absolute atomic E-state index is 0.0555.